The zero-order valence-electron chi connectivity index (χ0n) is 11.6. The Labute approximate surface area is 128 Å². The third kappa shape index (κ3) is 2.50. The Bertz CT molecular complexity index is 917. The van der Waals surface area contributed by atoms with Crippen LogP contribution in [0, 0.1) is 5.82 Å². The maximum atomic E-state index is 13.4. The van der Waals surface area contributed by atoms with Crippen molar-refractivity contribution in [2.75, 3.05) is 6.61 Å². The summed E-state index contributed by atoms with van der Waals surface area (Å²) in [7, 11) is 0. The molecule has 0 saturated carbocycles. The Morgan fingerprint density at radius 3 is 3.00 bits per heavy atom. The molecule has 0 radical (unpaired) electrons. The SMILES string of the molecule is CCOC(=O)c1nc2scc(-c3cccc(F)c3)c2c(=O)[nH]1. The second-order valence-corrected chi connectivity index (χ2v) is 5.33. The van der Waals surface area contributed by atoms with Gasteiger partial charge in [-0.1, -0.05) is 12.1 Å². The highest BCUT2D eigenvalue weighted by atomic mass is 32.1. The number of esters is 1. The lowest BCUT2D eigenvalue weighted by molar-refractivity contribution is 0.0512. The summed E-state index contributed by atoms with van der Waals surface area (Å²) < 4.78 is 18.2. The minimum absolute atomic E-state index is 0.132. The average molecular weight is 318 g/mol. The molecule has 5 nitrogen and oxygen atoms in total. The number of benzene rings is 1. The largest absolute Gasteiger partial charge is 0.460 e. The first-order valence-electron chi connectivity index (χ1n) is 6.54. The summed E-state index contributed by atoms with van der Waals surface area (Å²) in [5.74, 6) is -1.20. The van der Waals surface area contributed by atoms with Gasteiger partial charge in [0.1, 0.15) is 10.6 Å². The molecular weight excluding hydrogens is 307 g/mol. The number of ether oxygens (including phenoxy) is 1. The number of aromatic nitrogens is 2. The fourth-order valence-corrected chi connectivity index (χ4v) is 3.06. The average Bonchev–Trinajstić information content (AvgIpc) is 2.92. The quantitative estimate of drug-likeness (QED) is 0.754. The Morgan fingerprint density at radius 2 is 2.27 bits per heavy atom. The van der Waals surface area contributed by atoms with E-state index in [9.17, 15) is 14.0 Å². The molecule has 0 aliphatic carbocycles. The van der Waals surface area contributed by atoms with Crippen LogP contribution in [0.4, 0.5) is 4.39 Å². The van der Waals surface area contributed by atoms with Crippen LogP contribution in [-0.2, 0) is 4.74 Å². The molecule has 0 bridgehead atoms. The highest BCUT2D eigenvalue weighted by Crippen LogP contribution is 2.30. The van der Waals surface area contributed by atoms with Gasteiger partial charge in [-0.25, -0.2) is 14.2 Å². The molecule has 0 fully saturated rings. The van der Waals surface area contributed by atoms with E-state index in [1.807, 2.05) is 0 Å². The smallest absolute Gasteiger partial charge is 0.374 e. The van der Waals surface area contributed by atoms with Gasteiger partial charge in [0.15, 0.2) is 0 Å². The predicted octanol–water partition coefficient (Wildman–Crippen LogP) is 2.97. The summed E-state index contributed by atoms with van der Waals surface area (Å²) in [5.41, 5.74) is 0.722. The van der Waals surface area contributed by atoms with Crippen LogP contribution in [0.15, 0.2) is 34.4 Å². The number of aromatic amines is 1. The van der Waals surface area contributed by atoms with Crippen LogP contribution in [0.1, 0.15) is 17.5 Å². The topological polar surface area (TPSA) is 72.0 Å². The lowest BCUT2D eigenvalue weighted by atomic mass is 10.1. The minimum Gasteiger partial charge on any atom is -0.460 e. The molecule has 22 heavy (non-hydrogen) atoms. The third-order valence-electron chi connectivity index (χ3n) is 3.05. The van der Waals surface area contributed by atoms with Crippen LogP contribution in [0.25, 0.3) is 21.3 Å². The van der Waals surface area contributed by atoms with E-state index in [-0.39, 0.29) is 18.2 Å². The van der Waals surface area contributed by atoms with Gasteiger partial charge < -0.3 is 9.72 Å². The molecule has 3 rings (SSSR count). The summed E-state index contributed by atoms with van der Waals surface area (Å²) in [4.78, 5) is 30.9. The van der Waals surface area contributed by atoms with Crippen molar-refractivity contribution in [1.82, 2.24) is 9.97 Å². The molecule has 0 spiro atoms. The van der Waals surface area contributed by atoms with Gasteiger partial charge in [-0.05, 0) is 24.6 Å². The van der Waals surface area contributed by atoms with Crippen molar-refractivity contribution in [3.63, 3.8) is 0 Å². The summed E-state index contributed by atoms with van der Waals surface area (Å²) in [6.07, 6.45) is 0. The number of thiophene rings is 1. The zero-order valence-corrected chi connectivity index (χ0v) is 12.4. The number of carbonyl (C=O) groups is 1. The molecule has 1 N–H and O–H groups in total. The second kappa shape index (κ2) is 5.69. The second-order valence-electron chi connectivity index (χ2n) is 4.47. The van der Waals surface area contributed by atoms with E-state index < -0.39 is 11.5 Å². The van der Waals surface area contributed by atoms with Crippen molar-refractivity contribution in [2.24, 2.45) is 0 Å². The number of rotatable bonds is 3. The third-order valence-corrected chi connectivity index (χ3v) is 3.92. The number of carbonyl (C=O) groups excluding carboxylic acids is 1. The predicted molar refractivity (Wildman–Crippen MR) is 81.6 cm³/mol. The molecular formula is C15H11FN2O3S. The summed E-state index contributed by atoms with van der Waals surface area (Å²) in [6.45, 7) is 1.86. The summed E-state index contributed by atoms with van der Waals surface area (Å²) >= 11 is 1.22. The molecule has 2 heterocycles. The number of fused-ring (bicyclic) bond motifs is 1. The molecule has 112 valence electrons. The Hall–Kier alpha value is -2.54. The van der Waals surface area contributed by atoms with Crippen LogP contribution >= 0.6 is 11.3 Å². The van der Waals surface area contributed by atoms with Crippen molar-refractivity contribution in [2.45, 2.75) is 6.92 Å². The molecule has 3 aromatic rings. The van der Waals surface area contributed by atoms with Crippen molar-refractivity contribution in [1.29, 1.82) is 0 Å². The highest BCUT2D eigenvalue weighted by Gasteiger charge is 2.17. The minimum atomic E-state index is -0.679. The molecule has 0 aliphatic rings. The lowest BCUT2D eigenvalue weighted by Gasteiger charge is -2.02. The number of hydrogen-bond donors (Lipinski definition) is 1. The number of H-pyrrole nitrogens is 1. The van der Waals surface area contributed by atoms with Gasteiger partial charge in [-0.15, -0.1) is 11.3 Å². The molecule has 0 unspecified atom stereocenters. The molecule has 0 saturated heterocycles. The first-order chi connectivity index (χ1) is 10.6. The van der Waals surface area contributed by atoms with Gasteiger partial charge in [0.2, 0.25) is 5.82 Å². The normalized spacial score (nSPS) is 10.8. The molecule has 0 aliphatic heterocycles. The molecule has 7 heteroatoms. The van der Waals surface area contributed by atoms with Crippen LogP contribution in [-0.4, -0.2) is 22.5 Å². The van der Waals surface area contributed by atoms with E-state index >= 15 is 0 Å². The number of hydrogen-bond acceptors (Lipinski definition) is 5. The van der Waals surface area contributed by atoms with Crippen LogP contribution in [0.3, 0.4) is 0 Å². The van der Waals surface area contributed by atoms with E-state index in [0.29, 0.717) is 21.3 Å². The van der Waals surface area contributed by atoms with Gasteiger partial charge >= 0.3 is 5.97 Å². The van der Waals surface area contributed by atoms with Crippen LogP contribution in [0.5, 0.6) is 0 Å². The van der Waals surface area contributed by atoms with E-state index in [1.54, 1.807) is 24.4 Å². The van der Waals surface area contributed by atoms with Crippen LogP contribution < -0.4 is 5.56 Å². The number of nitrogens with one attached hydrogen (secondary N) is 1. The fourth-order valence-electron chi connectivity index (χ4n) is 2.11. The summed E-state index contributed by atoms with van der Waals surface area (Å²) in [5, 5.41) is 2.06. The van der Waals surface area contributed by atoms with E-state index in [0.717, 1.165) is 0 Å². The van der Waals surface area contributed by atoms with Crippen molar-refractivity contribution >= 4 is 27.5 Å². The molecule has 1 aromatic carbocycles. The van der Waals surface area contributed by atoms with Crippen LogP contribution in [0.2, 0.25) is 0 Å². The number of halogens is 1. The maximum Gasteiger partial charge on any atom is 0.374 e. The van der Waals surface area contributed by atoms with Gasteiger partial charge in [-0.2, -0.15) is 0 Å². The van der Waals surface area contributed by atoms with Gasteiger partial charge in [0.25, 0.3) is 5.56 Å². The van der Waals surface area contributed by atoms with Crippen molar-refractivity contribution in [3.05, 3.63) is 51.6 Å². The molecule has 2 aromatic heterocycles. The van der Waals surface area contributed by atoms with Crippen molar-refractivity contribution < 1.29 is 13.9 Å². The lowest BCUT2D eigenvalue weighted by Crippen LogP contribution is -2.17. The van der Waals surface area contributed by atoms with Crippen molar-refractivity contribution in [3.8, 4) is 11.1 Å². The maximum absolute atomic E-state index is 13.4. The Balaban J connectivity index is 2.17. The Morgan fingerprint density at radius 1 is 1.45 bits per heavy atom. The Kier molecular flexibility index (Phi) is 3.72. The van der Waals surface area contributed by atoms with Gasteiger partial charge in [0, 0.05) is 10.9 Å². The van der Waals surface area contributed by atoms with Gasteiger partial charge in [-0.3, -0.25) is 4.79 Å². The monoisotopic (exact) mass is 318 g/mol. The highest BCUT2D eigenvalue weighted by molar-refractivity contribution is 7.17. The summed E-state index contributed by atoms with van der Waals surface area (Å²) in [6, 6.07) is 5.96. The van der Waals surface area contributed by atoms with E-state index in [1.165, 1.54) is 23.5 Å². The first kappa shape index (κ1) is 14.4. The fraction of sp³-hybridized carbons (Fsp3) is 0.133. The first-order valence-corrected chi connectivity index (χ1v) is 7.42. The molecule has 0 atom stereocenters. The van der Waals surface area contributed by atoms with Gasteiger partial charge in [0.05, 0.1) is 12.0 Å². The molecule has 0 amide bonds. The number of nitrogens with zero attached hydrogens (tertiary/aromatic N) is 1. The standard InChI is InChI=1S/C15H11FN2O3S/c1-2-21-15(20)12-17-13(19)11-10(7-22-14(11)18-12)8-4-3-5-9(16)6-8/h3-7H,2H2,1H3,(H,17,18,19). The van der Waals surface area contributed by atoms with E-state index in [2.05, 4.69) is 9.97 Å². The zero-order chi connectivity index (χ0) is 15.7. The van der Waals surface area contributed by atoms with E-state index in [4.69, 9.17) is 4.74 Å².